The number of allylic oxidation sites excluding steroid dienone is 2. The third kappa shape index (κ3) is 47.4. The van der Waals surface area contributed by atoms with Gasteiger partial charge in [-0.1, -0.05) is 334 Å². The summed E-state index contributed by atoms with van der Waals surface area (Å²) in [5.74, 6) is -0.135. The second-order valence-electron chi connectivity index (χ2n) is 24.7. The molecule has 7 atom stereocenters. The van der Waals surface area contributed by atoms with E-state index in [2.05, 4.69) is 31.3 Å². The molecule has 0 aromatic heterocycles. The largest absolute Gasteiger partial charge is 0.394 e. The molecule has 7 unspecified atom stereocenters. The molecule has 1 aliphatic rings. The zero-order valence-corrected chi connectivity index (χ0v) is 52.0. The second-order valence-corrected chi connectivity index (χ2v) is 24.7. The van der Waals surface area contributed by atoms with Crippen molar-refractivity contribution < 1.29 is 39.8 Å². The van der Waals surface area contributed by atoms with Crippen LogP contribution in [0.1, 0.15) is 367 Å². The van der Waals surface area contributed by atoms with E-state index in [0.29, 0.717) is 12.8 Å². The SMILES string of the molecule is CCCCCCCCCC/C=C\CCCCCCCCCCCCCCCCCCCCCCCCCCCCCC(=O)NC(COC1OC(CO)C(O)C(O)C1O)C(O)CCCCCCCCCCCCCCCCCC. The number of unbranched alkanes of at least 4 members (excludes halogenated alkanes) is 50. The fourth-order valence-corrected chi connectivity index (χ4v) is 11.6. The summed E-state index contributed by atoms with van der Waals surface area (Å²) in [5.41, 5.74) is 0. The van der Waals surface area contributed by atoms with Crippen LogP contribution >= 0.6 is 0 Å². The predicted octanol–water partition coefficient (Wildman–Crippen LogP) is 18.7. The monoisotopic (exact) mass is 1110 g/mol. The molecule has 0 aromatic rings. The van der Waals surface area contributed by atoms with Crippen molar-refractivity contribution in [3.63, 3.8) is 0 Å². The van der Waals surface area contributed by atoms with Crippen LogP contribution in [-0.2, 0) is 14.3 Å². The third-order valence-corrected chi connectivity index (χ3v) is 17.1. The van der Waals surface area contributed by atoms with E-state index < -0.39 is 49.5 Å². The number of amides is 1. The molecule has 1 rings (SSSR count). The molecule has 0 bridgehead atoms. The minimum absolute atomic E-state index is 0.132. The molecular weight excluding hydrogens is 971 g/mol. The molecule has 6 N–H and O–H groups in total. The Balaban J connectivity index is 2.01. The molecule has 0 spiro atoms. The van der Waals surface area contributed by atoms with Crippen molar-refractivity contribution in [2.75, 3.05) is 13.2 Å². The predicted molar refractivity (Wildman–Crippen MR) is 332 cm³/mol. The zero-order valence-electron chi connectivity index (χ0n) is 52.0. The maximum absolute atomic E-state index is 13.1. The van der Waals surface area contributed by atoms with E-state index in [4.69, 9.17) is 9.47 Å². The van der Waals surface area contributed by atoms with Crippen LogP contribution in [0.15, 0.2) is 12.2 Å². The summed E-state index contributed by atoms with van der Waals surface area (Å²) in [7, 11) is 0. The fraction of sp³-hybridized carbons (Fsp3) is 0.957. The number of ether oxygens (including phenoxy) is 2. The lowest BCUT2D eigenvalue weighted by atomic mass is 9.99. The molecule has 0 radical (unpaired) electrons. The van der Waals surface area contributed by atoms with Crippen LogP contribution < -0.4 is 5.32 Å². The Hall–Kier alpha value is -1.07. The Kier molecular flexibility index (Phi) is 56.8. The molecule has 78 heavy (non-hydrogen) atoms. The number of carbonyl (C=O) groups excluding carboxylic acids is 1. The van der Waals surface area contributed by atoms with Gasteiger partial charge in [0.2, 0.25) is 5.91 Å². The topological polar surface area (TPSA) is 149 Å². The van der Waals surface area contributed by atoms with Gasteiger partial charge in [0.25, 0.3) is 0 Å². The first-order chi connectivity index (χ1) is 38.3. The molecule has 9 nitrogen and oxygen atoms in total. The molecule has 0 aromatic carbocycles. The van der Waals surface area contributed by atoms with Gasteiger partial charge in [0.05, 0.1) is 25.4 Å². The highest BCUT2D eigenvalue weighted by Gasteiger charge is 2.44. The normalized spacial score (nSPS) is 18.6. The number of hydrogen-bond donors (Lipinski definition) is 6. The number of hydrogen-bond acceptors (Lipinski definition) is 8. The molecule has 1 heterocycles. The van der Waals surface area contributed by atoms with Crippen LogP contribution in [0.4, 0.5) is 0 Å². The summed E-state index contributed by atoms with van der Waals surface area (Å²) < 4.78 is 11.3. The van der Waals surface area contributed by atoms with Gasteiger partial charge < -0.3 is 40.3 Å². The quantitative estimate of drug-likeness (QED) is 0.0261. The lowest BCUT2D eigenvalue weighted by molar-refractivity contribution is -0.302. The highest BCUT2D eigenvalue weighted by Crippen LogP contribution is 2.24. The number of rotatable bonds is 62. The molecule has 0 saturated carbocycles. The number of aliphatic hydroxyl groups excluding tert-OH is 5. The minimum Gasteiger partial charge on any atom is -0.394 e. The van der Waals surface area contributed by atoms with E-state index in [1.807, 2.05) is 0 Å². The molecule has 9 heteroatoms. The maximum Gasteiger partial charge on any atom is 0.220 e. The summed E-state index contributed by atoms with van der Waals surface area (Å²) in [6.45, 7) is 3.89. The van der Waals surface area contributed by atoms with Crippen LogP contribution in [0.5, 0.6) is 0 Å². The lowest BCUT2D eigenvalue weighted by Crippen LogP contribution is -2.60. The van der Waals surface area contributed by atoms with Crippen LogP contribution in [0, 0.1) is 0 Å². The van der Waals surface area contributed by atoms with Gasteiger partial charge in [0.15, 0.2) is 6.29 Å². The fourth-order valence-electron chi connectivity index (χ4n) is 11.6. The zero-order chi connectivity index (χ0) is 56.5. The van der Waals surface area contributed by atoms with Crippen molar-refractivity contribution in [1.82, 2.24) is 5.32 Å². The molecule has 1 fully saturated rings. The Morgan fingerprint density at radius 1 is 0.423 bits per heavy atom. The van der Waals surface area contributed by atoms with Gasteiger partial charge in [0, 0.05) is 6.42 Å². The molecule has 1 aliphatic heterocycles. The van der Waals surface area contributed by atoms with Crippen molar-refractivity contribution in [3.05, 3.63) is 12.2 Å². The van der Waals surface area contributed by atoms with Crippen molar-refractivity contribution in [2.24, 2.45) is 0 Å². The first-order valence-corrected chi connectivity index (χ1v) is 34.9. The summed E-state index contributed by atoms with van der Waals surface area (Å²) in [5, 5.41) is 54.8. The van der Waals surface area contributed by atoms with E-state index in [0.717, 1.165) is 38.5 Å². The molecule has 0 aliphatic carbocycles. The standard InChI is InChI=1S/C69H135NO8/c1-3-5-7-9-11-13-15-17-19-21-22-23-24-25-26-27-28-29-30-31-32-33-34-35-36-37-38-39-40-41-42-43-45-47-49-51-53-55-57-59-65(73)70-62(61-77-69-68(76)67(75)66(74)64(60-71)78-69)63(72)58-56-54-52-50-48-46-44-20-18-16-14-12-10-8-6-4-2/h21-22,62-64,66-69,71-72,74-76H,3-20,23-61H2,1-2H3,(H,70,73)/b22-21-. The number of nitrogens with one attached hydrogen (secondary N) is 1. The average molecular weight is 1110 g/mol. The second kappa shape index (κ2) is 59.1. The van der Waals surface area contributed by atoms with Crippen molar-refractivity contribution in [1.29, 1.82) is 0 Å². The van der Waals surface area contributed by atoms with E-state index in [1.165, 1.54) is 302 Å². The Labute approximate surface area is 484 Å². The van der Waals surface area contributed by atoms with E-state index in [-0.39, 0.29) is 12.5 Å². The van der Waals surface area contributed by atoms with Gasteiger partial charge in [-0.2, -0.15) is 0 Å². The smallest absolute Gasteiger partial charge is 0.220 e. The summed E-state index contributed by atoms with van der Waals surface area (Å²) in [4.78, 5) is 13.1. The summed E-state index contributed by atoms with van der Waals surface area (Å²) in [6.07, 6.45) is 68.7. The molecule has 464 valence electrons. The Morgan fingerprint density at radius 3 is 1.04 bits per heavy atom. The minimum atomic E-state index is -1.55. The van der Waals surface area contributed by atoms with Crippen molar-refractivity contribution in [2.45, 2.75) is 410 Å². The summed E-state index contributed by atoms with van der Waals surface area (Å²) >= 11 is 0. The first kappa shape index (κ1) is 74.9. The summed E-state index contributed by atoms with van der Waals surface area (Å²) in [6, 6.07) is -0.715. The van der Waals surface area contributed by atoms with E-state index >= 15 is 0 Å². The van der Waals surface area contributed by atoms with Gasteiger partial charge in [-0.05, 0) is 38.5 Å². The van der Waals surface area contributed by atoms with Crippen molar-refractivity contribution in [3.8, 4) is 0 Å². The molecular formula is C69H135NO8. The van der Waals surface area contributed by atoms with E-state index in [1.54, 1.807) is 0 Å². The van der Waals surface area contributed by atoms with E-state index in [9.17, 15) is 30.3 Å². The van der Waals surface area contributed by atoms with Crippen LogP contribution in [-0.4, -0.2) is 87.5 Å². The molecule has 1 saturated heterocycles. The average Bonchev–Trinajstić information content (AvgIpc) is 3.45. The van der Waals surface area contributed by atoms with Crippen molar-refractivity contribution >= 4 is 5.91 Å². The lowest BCUT2D eigenvalue weighted by Gasteiger charge is -2.40. The van der Waals surface area contributed by atoms with Crippen LogP contribution in [0.25, 0.3) is 0 Å². The van der Waals surface area contributed by atoms with Gasteiger partial charge in [0.1, 0.15) is 24.4 Å². The van der Waals surface area contributed by atoms with Crippen LogP contribution in [0.2, 0.25) is 0 Å². The Morgan fingerprint density at radius 2 is 0.718 bits per heavy atom. The third-order valence-electron chi connectivity index (χ3n) is 17.1. The maximum atomic E-state index is 13.1. The highest BCUT2D eigenvalue weighted by atomic mass is 16.7. The van der Waals surface area contributed by atoms with Gasteiger partial charge >= 0.3 is 0 Å². The van der Waals surface area contributed by atoms with Gasteiger partial charge in [-0.15, -0.1) is 0 Å². The number of carbonyl (C=O) groups is 1. The number of aliphatic hydroxyl groups is 5. The van der Waals surface area contributed by atoms with Crippen LogP contribution in [0.3, 0.4) is 0 Å². The van der Waals surface area contributed by atoms with Gasteiger partial charge in [-0.25, -0.2) is 0 Å². The first-order valence-electron chi connectivity index (χ1n) is 34.9. The molecule has 1 amide bonds. The Bertz CT molecular complexity index is 1240. The highest BCUT2D eigenvalue weighted by molar-refractivity contribution is 5.76. The van der Waals surface area contributed by atoms with Gasteiger partial charge in [-0.3, -0.25) is 4.79 Å².